The van der Waals surface area contributed by atoms with E-state index in [1.54, 1.807) is 17.0 Å². The molecular weight excluding hydrogens is 306 g/mol. The van der Waals surface area contributed by atoms with Crippen LogP contribution in [0.1, 0.15) is 23.6 Å². The maximum Gasteiger partial charge on any atom is 0.317 e. The van der Waals surface area contributed by atoms with Crippen LogP contribution in [0.25, 0.3) is 0 Å². The lowest BCUT2D eigenvalue weighted by Gasteiger charge is -2.21. The standard InChI is InChI=1S/C18H21N3O3/c1-3-20(13-16-8-4-6-14(2)10-16)18(22)19-12-15-7-5-9-17(11-15)21(23)24/h4-11H,3,12-13H2,1-2H3,(H,19,22). The van der Waals surface area contributed by atoms with Gasteiger partial charge in [-0.25, -0.2) is 4.79 Å². The van der Waals surface area contributed by atoms with E-state index in [1.807, 2.05) is 32.0 Å². The Morgan fingerprint density at radius 2 is 1.88 bits per heavy atom. The van der Waals surface area contributed by atoms with Crippen molar-refractivity contribution in [2.45, 2.75) is 26.9 Å². The molecule has 2 rings (SSSR count). The SMILES string of the molecule is CCN(Cc1cccc(C)c1)C(=O)NCc1cccc([N+](=O)[O-])c1. The van der Waals surface area contributed by atoms with E-state index in [1.165, 1.54) is 12.1 Å². The van der Waals surface area contributed by atoms with Crippen molar-refractivity contribution in [3.05, 3.63) is 75.3 Å². The zero-order chi connectivity index (χ0) is 17.5. The normalized spacial score (nSPS) is 10.2. The van der Waals surface area contributed by atoms with E-state index >= 15 is 0 Å². The van der Waals surface area contributed by atoms with Gasteiger partial charge >= 0.3 is 6.03 Å². The molecule has 0 fully saturated rings. The molecule has 1 N–H and O–H groups in total. The second kappa shape index (κ2) is 8.10. The number of nitro groups is 1. The Hall–Kier alpha value is -2.89. The summed E-state index contributed by atoms with van der Waals surface area (Å²) in [6.45, 7) is 5.30. The molecule has 0 bridgehead atoms. The molecule has 2 amide bonds. The third-order valence-corrected chi connectivity index (χ3v) is 3.69. The lowest BCUT2D eigenvalue weighted by atomic mass is 10.1. The predicted octanol–water partition coefficient (Wildman–Crippen LogP) is 3.63. The van der Waals surface area contributed by atoms with Gasteiger partial charge in [0.1, 0.15) is 0 Å². The van der Waals surface area contributed by atoms with Crippen molar-refractivity contribution < 1.29 is 9.72 Å². The van der Waals surface area contributed by atoms with E-state index in [2.05, 4.69) is 11.4 Å². The maximum absolute atomic E-state index is 12.3. The van der Waals surface area contributed by atoms with Crippen LogP contribution in [0, 0.1) is 17.0 Å². The largest absolute Gasteiger partial charge is 0.334 e. The number of non-ortho nitro benzene ring substituents is 1. The summed E-state index contributed by atoms with van der Waals surface area (Å²) in [5, 5.41) is 13.6. The minimum atomic E-state index is -0.443. The van der Waals surface area contributed by atoms with Crippen LogP contribution in [0.5, 0.6) is 0 Å². The van der Waals surface area contributed by atoms with Crippen LogP contribution >= 0.6 is 0 Å². The van der Waals surface area contributed by atoms with Crippen molar-refractivity contribution in [3.8, 4) is 0 Å². The zero-order valence-electron chi connectivity index (χ0n) is 13.9. The van der Waals surface area contributed by atoms with E-state index < -0.39 is 4.92 Å². The smallest absolute Gasteiger partial charge is 0.317 e. The van der Waals surface area contributed by atoms with Crippen molar-refractivity contribution in [1.82, 2.24) is 10.2 Å². The molecule has 0 heterocycles. The number of nitro benzene ring substituents is 1. The number of hydrogen-bond acceptors (Lipinski definition) is 3. The molecule has 0 radical (unpaired) electrons. The Labute approximate surface area is 141 Å². The fourth-order valence-corrected chi connectivity index (χ4v) is 2.43. The molecule has 0 saturated carbocycles. The molecule has 0 aliphatic rings. The van der Waals surface area contributed by atoms with E-state index in [0.29, 0.717) is 18.7 Å². The van der Waals surface area contributed by atoms with Gasteiger partial charge in [0.25, 0.3) is 5.69 Å². The first-order valence-corrected chi connectivity index (χ1v) is 7.81. The topological polar surface area (TPSA) is 75.5 Å². The first-order valence-electron chi connectivity index (χ1n) is 7.81. The van der Waals surface area contributed by atoms with Gasteiger partial charge in [0, 0.05) is 31.8 Å². The van der Waals surface area contributed by atoms with Crippen LogP contribution in [-0.4, -0.2) is 22.4 Å². The molecule has 24 heavy (non-hydrogen) atoms. The molecular formula is C18H21N3O3. The van der Waals surface area contributed by atoms with Gasteiger partial charge in [-0.1, -0.05) is 42.0 Å². The number of nitrogens with zero attached hydrogens (tertiary/aromatic N) is 2. The fourth-order valence-electron chi connectivity index (χ4n) is 2.43. The summed E-state index contributed by atoms with van der Waals surface area (Å²) in [4.78, 5) is 24.4. The number of carbonyl (C=O) groups is 1. The van der Waals surface area contributed by atoms with Crippen LogP contribution < -0.4 is 5.32 Å². The summed E-state index contributed by atoms with van der Waals surface area (Å²) in [7, 11) is 0. The summed E-state index contributed by atoms with van der Waals surface area (Å²) in [5.41, 5.74) is 2.95. The van der Waals surface area contributed by atoms with Crippen molar-refractivity contribution in [3.63, 3.8) is 0 Å². The van der Waals surface area contributed by atoms with Crippen LogP contribution in [0.2, 0.25) is 0 Å². The highest BCUT2D eigenvalue weighted by molar-refractivity contribution is 5.74. The van der Waals surface area contributed by atoms with Crippen molar-refractivity contribution in [2.24, 2.45) is 0 Å². The van der Waals surface area contributed by atoms with E-state index in [-0.39, 0.29) is 18.3 Å². The number of amides is 2. The molecule has 6 heteroatoms. The maximum atomic E-state index is 12.3. The summed E-state index contributed by atoms with van der Waals surface area (Å²) >= 11 is 0. The van der Waals surface area contributed by atoms with Gasteiger partial charge in [0.15, 0.2) is 0 Å². The minimum absolute atomic E-state index is 0.0221. The summed E-state index contributed by atoms with van der Waals surface area (Å²) in [6, 6.07) is 14.1. The van der Waals surface area contributed by atoms with Crippen LogP contribution in [-0.2, 0) is 13.1 Å². The summed E-state index contributed by atoms with van der Waals surface area (Å²) in [6.07, 6.45) is 0. The molecule has 0 saturated heterocycles. The molecule has 2 aromatic rings. The van der Waals surface area contributed by atoms with Gasteiger partial charge in [-0.15, -0.1) is 0 Å². The third kappa shape index (κ3) is 4.81. The van der Waals surface area contributed by atoms with Crippen molar-refractivity contribution in [2.75, 3.05) is 6.54 Å². The van der Waals surface area contributed by atoms with Gasteiger partial charge in [-0.2, -0.15) is 0 Å². The molecule has 0 aliphatic heterocycles. The molecule has 126 valence electrons. The monoisotopic (exact) mass is 327 g/mol. The first-order chi connectivity index (χ1) is 11.5. The Bertz CT molecular complexity index is 731. The third-order valence-electron chi connectivity index (χ3n) is 3.69. The first kappa shape index (κ1) is 17.5. The van der Waals surface area contributed by atoms with Gasteiger partial charge in [-0.05, 0) is 25.0 Å². The fraction of sp³-hybridized carbons (Fsp3) is 0.278. The van der Waals surface area contributed by atoms with Crippen LogP contribution in [0.3, 0.4) is 0 Å². The highest BCUT2D eigenvalue weighted by atomic mass is 16.6. The van der Waals surface area contributed by atoms with E-state index in [0.717, 1.165) is 11.1 Å². The zero-order valence-corrected chi connectivity index (χ0v) is 13.9. The molecule has 2 aromatic carbocycles. The lowest BCUT2D eigenvalue weighted by Crippen LogP contribution is -2.39. The van der Waals surface area contributed by atoms with E-state index in [4.69, 9.17) is 0 Å². The number of nitrogens with one attached hydrogen (secondary N) is 1. The number of hydrogen-bond donors (Lipinski definition) is 1. The number of benzene rings is 2. The summed E-state index contributed by atoms with van der Waals surface area (Å²) < 4.78 is 0. The highest BCUT2D eigenvalue weighted by Gasteiger charge is 2.12. The summed E-state index contributed by atoms with van der Waals surface area (Å²) in [5.74, 6) is 0. The molecule has 0 atom stereocenters. The second-order valence-electron chi connectivity index (χ2n) is 5.59. The van der Waals surface area contributed by atoms with Crippen LogP contribution in [0.4, 0.5) is 10.5 Å². The molecule has 0 aliphatic carbocycles. The van der Waals surface area contributed by atoms with Crippen molar-refractivity contribution in [1.29, 1.82) is 0 Å². The minimum Gasteiger partial charge on any atom is -0.334 e. The molecule has 0 aromatic heterocycles. The Kier molecular flexibility index (Phi) is 5.89. The van der Waals surface area contributed by atoms with Gasteiger partial charge in [0.2, 0.25) is 0 Å². The number of urea groups is 1. The number of carbonyl (C=O) groups excluding carboxylic acids is 1. The second-order valence-corrected chi connectivity index (χ2v) is 5.59. The Morgan fingerprint density at radius 1 is 1.17 bits per heavy atom. The molecule has 6 nitrogen and oxygen atoms in total. The van der Waals surface area contributed by atoms with Gasteiger partial charge < -0.3 is 10.2 Å². The van der Waals surface area contributed by atoms with Crippen LogP contribution in [0.15, 0.2) is 48.5 Å². The average molecular weight is 327 g/mol. The number of aryl methyl sites for hydroxylation is 1. The Balaban J connectivity index is 1.97. The van der Waals surface area contributed by atoms with E-state index in [9.17, 15) is 14.9 Å². The van der Waals surface area contributed by atoms with Crippen molar-refractivity contribution >= 4 is 11.7 Å². The predicted molar refractivity (Wildman–Crippen MR) is 92.6 cm³/mol. The highest BCUT2D eigenvalue weighted by Crippen LogP contribution is 2.13. The quantitative estimate of drug-likeness (QED) is 0.650. The van der Waals surface area contributed by atoms with Gasteiger partial charge in [-0.3, -0.25) is 10.1 Å². The molecule has 0 unspecified atom stereocenters. The molecule has 0 spiro atoms. The lowest BCUT2D eigenvalue weighted by molar-refractivity contribution is -0.384. The number of rotatable bonds is 6. The Morgan fingerprint density at radius 3 is 2.54 bits per heavy atom. The van der Waals surface area contributed by atoms with Gasteiger partial charge in [0.05, 0.1) is 4.92 Å². The average Bonchev–Trinajstić information content (AvgIpc) is 2.58.